The summed E-state index contributed by atoms with van der Waals surface area (Å²) in [5.74, 6) is 1.28. The number of hydrogen-bond donors (Lipinski definition) is 1. The lowest BCUT2D eigenvalue weighted by atomic mass is 9.94. The fourth-order valence-electron chi connectivity index (χ4n) is 2.34. The van der Waals surface area contributed by atoms with Crippen molar-refractivity contribution in [1.29, 1.82) is 0 Å². The minimum absolute atomic E-state index is 0.449. The third kappa shape index (κ3) is 3.33. The van der Waals surface area contributed by atoms with Gasteiger partial charge in [-0.1, -0.05) is 42.8 Å². The van der Waals surface area contributed by atoms with E-state index >= 15 is 0 Å². The molecular weight excluding hydrogens is 270 g/mol. The van der Waals surface area contributed by atoms with E-state index < -0.39 is 0 Å². The topological polar surface area (TPSA) is 35.2 Å². The standard InChI is InChI=1S/C17H20ClNO/c1-12(8-9-19)13-4-3-5-14(10-13)16-11-15(18)6-7-17(16)20-2/h3-7,10-12H,8-9,19H2,1-2H3. The van der Waals surface area contributed by atoms with Crippen molar-refractivity contribution in [1.82, 2.24) is 0 Å². The van der Waals surface area contributed by atoms with E-state index in [9.17, 15) is 0 Å². The number of methoxy groups -OCH3 is 1. The summed E-state index contributed by atoms with van der Waals surface area (Å²) in [7, 11) is 1.67. The van der Waals surface area contributed by atoms with Crippen molar-refractivity contribution in [2.75, 3.05) is 13.7 Å². The van der Waals surface area contributed by atoms with Crippen molar-refractivity contribution in [2.24, 2.45) is 5.73 Å². The maximum Gasteiger partial charge on any atom is 0.126 e. The van der Waals surface area contributed by atoms with E-state index in [1.54, 1.807) is 7.11 Å². The van der Waals surface area contributed by atoms with Crippen molar-refractivity contribution in [3.8, 4) is 16.9 Å². The summed E-state index contributed by atoms with van der Waals surface area (Å²) in [5.41, 5.74) is 9.06. The van der Waals surface area contributed by atoms with Crippen LogP contribution in [0.5, 0.6) is 5.75 Å². The van der Waals surface area contributed by atoms with Crippen LogP contribution in [0.2, 0.25) is 5.02 Å². The van der Waals surface area contributed by atoms with Crippen LogP contribution in [-0.2, 0) is 0 Å². The van der Waals surface area contributed by atoms with Crippen LogP contribution < -0.4 is 10.5 Å². The molecule has 0 aromatic heterocycles. The van der Waals surface area contributed by atoms with Gasteiger partial charge in [0.25, 0.3) is 0 Å². The molecule has 0 spiro atoms. The Labute approximate surface area is 125 Å². The van der Waals surface area contributed by atoms with Gasteiger partial charge in [0, 0.05) is 10.6 Å². The molecule has 0 amide bonds. The lowest BCUT2D eigenvalue weighted by Gasteiger charge is -2.14. The minimum Gasteiger partial charge on any atom is -0.496 e. The van der Waals surface area contributed by atoms with E-state index in [1.165, 1.54) is 5.56 Å². The summed E-state index contributed by atoms with van der Waals surface area (Å²) < 4.78 is 5.42. The molecular formula is C17H20ClNO. The fourth-order valence-corrected chi connectivity index (χ4v) is 2.51. The number of halogens is 1. The number of hydrogen-bond acceptors (Lipinski definition) is 2. The van der Waals surface area contributed by atoms with Crippen LogP contribution in [0.4, 0.5) is 0 Å². The fraction of sp³-hybridized carbons (Fsp3) is 0.294. The van der Waals surface area contributed by atoms with Crippen LogP contribution >= 0.6 is 11.6 Å². The van der Waals surface area contributed by atoms with Crippen molar-refractivity contribution >= 4 is 11.6 Å². The Morgan fingerprint density at radius 3 is 2.70 bits per heavy atom. The van der Waals surface area contributed by atoms with Gasteiger partial charge in [0.1, 0.15) is 5.75 Å². The molecule has 0 radical (unpaired) electrons. The zero-order valence-corrected chi connectivity index (χ0v) is 12.7. The van der Waals surface area contributed by atoms with Gasteiger partial charge < -0.3 is 10.5 Å². The first-order valence-corrected chi connectivity index (χ1v) is 7.17. The van der Waals surface area contributed by atoms with Crippen molar-refractivity contribution in [3.05, 3.63) is 53.1 Å². The Balaban J connectivity index is 2.43. The normalized spacial score (nSPS) is 12.2. The monoisotopic (exact) mass is 289 g/mol. The molecule has 2 aromatic rings. The highest BCUT2D eigenvalue weighted by molar-refractivity contribution is 6.31. The Morgan fingerprint density at radius 1 is 1.20 bits per heavy atom. The summed E-state index contributed by atoms with van der Waals surface area (Å²) in [4.78, 5) is 0. The zero-order chi connectivity index (χ0) is 14.5. The summed E-state index contributed by atoms with van der Waals surface area (Å²) >= 11 is 6.10. The van der Waals surface area contributed by atoms with Gasteiger partial charge in [0.15, 0.2) is 0 Å². The third-order valence-electron chi connectivity index (χ3n) is 3.53. The molecule has 106 valence electrons. The molecule has 0 bridgehead atoms. The van der Waals surface area contributed by atoms with Crippen molar-refractivity contribution < 1.29 is 4.74 Å². The molecule has 2 N–H and O–H groups in total. The van der Waals surface area contributed by atoms with E-state index in [0.717, 1.165) is 23.3 Å². The molecule has 2 rings (SSSR count). The second-order valence-electron chi connectivity index (χ2n) is 4.95. The van der Waals surface area contributed by atoms with Gasteiger partial charge in [-0.15, -0.1) is 0 Å². The van der Waals surface area contributed by atoms with E-state index in [2.05, 4.69) is 31.2 Å². The molecule has 2 aromatic carbocycles. The number of rotatable bonds is 5. The predicted octanol–water partition coefficient (Wildman–Crippen LogP) is 4.47. The van der Waals surface area contributed by atoms with Crippen LogP contribution in [0.3, 0.4) is 0 Å². The SMILES string of the molecule is COc1ccc(Cl)cc1-c1cccc(C(C)CCN)c1. The van der Waals surface area contributed by atoms with Crippen LogP contribution in [0.15, 0.2) is 42.5 Å². The quantitative estimate of drug-likeness (QED) is 0.881. The van der Waals surface area contributed by atoms with Crippen molar-refractivity contribution in [3.63, 3.8) is 0 Å². The second-order valence-corrected chi connectivity index (χ2v) is 5.38. The molecule has 0 heterocycles. The molecule has 3 heteroatoms. The summed E-state index contributed by atoms with van der Waals surface area (Å²) in [6.07, 6.45) is 0.982. The predicted molar refractivity (Wildman–Crippen MR) is 85.5 cm³/mol. The second kappa shape index (κ2) is 6.78. The number of nitrogens with two attached hydrogens (primary N) is 1. The Bertz CT molecular complexity index is 583. The van der Waals surface area contributed by atoms with E-state index in [1.807, 2.05) is 18.2 Å². The number of ether oxygens (including phenoxy) is 1. The van der Waals surface area contributed by atoms with E-state index in [-0.39, 0.29) is 0 Å². The molecule has 1 unspecified atom stereocenters. The molecule has 2 nitrogen and oxygen atoms in total. The molecule has 0 saturated carbocycles. The number of benzene rings is 2. The largest absolute Gasteiger partial charge is 0.496 e. The van der Waals surface area contributed by atoms with Gasteiger partial charge in [-0.05, 0) is 48.2 Å². The van der Waals surface area contributed by atoms with Gasteiger partial charge in [-0.25, -0.2) is 0 Å². The maximum atomic E-state index is 6.10. The molecule has 0 fully saturated rings. The van der Waals surface area contributed by atoms with Crippen LogP contribution in [0.25, 0.3) is 11.1 Å². The maximum absolute atomic E-state index is 6.10. The molecule has 0 aliphatic carbocycles. The summed E-state index contributed by atoms with van der Waals surface area (Å²) in [5, 5.41) is 0.709. The Morgan fingerprint density at radius 2 is 2.00 bits per heavy atom. The summed E-state index contributed by atoms with van der Waals surface area (Å²) in [6, 6.07) is 14.1. The third-order valence-corrected chi connectivity index (χ3v) is 3.76. The van der Waals surface area contributed by atoms with E-state index in [0.29, 0.717) is 17.5 Å². The molecule has 1 atom stereocenters. The molecule has 0 aliphatic heterocycles. The Kier molecular flexibility index (Phi) is 5.05. The highest BCUT2D eigenvalue weighted by Crippen LogP contribution is 2.34. The summed E-state index contributed by atoms with van der Waals surface area (Å²) in [6.45, 7) is 2.90. The first kappa shape index (κ1) is 14.9. The molecule has 0 aliphatic rings. The van der Waals surface area contributed by atoms with Gasteiger partial charge in [0.2, 0.25) is 0 Å². The van der Waals surface area contributed by atoms with Crippen LogP contribution in [0, 0.1) is 0 Å². The van der Waals surface area contributed by atoms with Crippen LogP contribution in [-0.4, -0.2) is 13.7 Å². The average molecular weight is 290 g/mol. The minimum atomic E-state index is 0.449. The van der Waals surface area contributed by atoms with Crippen molar-refractivity contribution in [2.45, 2.75) is 19.3 Å². The van der Waals surface area contributed by atoms with Gasteiger partial charge in [0.05, 0.1) is 7.11 Å². The van der Waals surface area contributed by atoms with Crippen LogP contribution in [0.1, 0.15) is 24.8 Å². The lowest BCUT2D eigenvalue weighted by molar-refractivity contribution is 0.416. The lowest BCUT2D eigenvalue weighted by Crippen LogP contribution is -2.04. The zero-order valence-electron chi connectivity index (χ0n) is 11.9. The average Bonchev–Trinajstić information content (AvgIpc) is 2.47. The molecule has 0 saturated heterocycles. The van der Waals surface area contributed by atoms with E-state index in [4.69, 9.17) is 22.1 Å². The van der Waals surface area contributed by atoms with Gasteiger partial charge >= 0.3 is 0 Å². The Hall–Kier alpha value is -1.51. The van der Waals surface area contributed by atoms with Gasteiger partial charge in [-0.2, -0.15) is 0 Å². The first-order chi connectivity index (χ1) is 9.65. The highest BCUT2D eigenvalue weighted by Gasteiger charge is 2.10. The molecule has 20 heavy (non-hydrogen) atoms. The van der Waals surface area contributed by atoms with Gasteiger partial charge in [-0.3, -0.25) is 0 Å². The first-order valence-electron chi connectivity index (χ1n) is 6.79. The highest BCUT2D eigenvalue weighted by atomic mass is 35.5. The smallest absolute Gasteiger partial charge is 0.126 e.